The number of aryl methyl sites for hydroxylation is 2. The number of carbonyl (C=O) groups excluding carboxylic acids is 1. The molecular weight excluding hydrogens is 182 g/mol. The molecule has 5 nitrogen and oxygen atoms in total. The average Bonchev–Trinajstić information content (AvgIpc) is 2.58. The van der Waals surface area contributed by atoms with Crippen LogP contribution in [0, 0.1) is 6.92 Å². The first-order valence-electron chi connectivity index (χ1n) is 4.60. The Labute approximate surface area is 82.6 Å². The number of aromatic nitrogens is 1. The monoisotopic (exact) mass is 197 g/mol. The van der Waals surface area contributed by atoms with E-state index >= 15 is 0 Å². The largest absolute Gasteiger partial charge is 0.364 e. The Hall–Kier alpha value is -1.36. The SMILES string of the molecule is Cc1nocc1CCC(=O)NCCN. The van der Waals surface area contributed by atoms with Crippen LogP contribution in [0.15, 0.2) is 10.8 Å². The summed E-state index contributed by atoms with van der Waals surface area (Å²) < 4.78 is 4.76. The standard InChI is InChI=1S/C9H15N3O2/c1-7-8(6-14-12-7)2-3-9(13)11-5-4-10/h6H,2-5,10H2,1H3,(H,11,13). The molecular formula is C9H15N3O2. The van der Waals surface area contributed by atoms with E-state index in [2.05, 4.69) is 10.5 Å². The molecule has 0 bridgehead atoms. The van der Waals surface area contributed by atoms with Gasteiger partial charge in [-0.3, -0.25) is 4.79 Å². The summed E-state index contributed by atoms with van der Waals surface area (Å²) >= 11 is 0. The molecule has 1 aromatic heterocycles. The molecule has 0 saturated heterocycles. The zero-order valence-electron chi connectivity index (χ0n) is 8.25. The van der Waals surface area contributed by atoms with Gasteiger partial charge in [-0.15, -0.1) is 0 Å². The summed E-state index contributed by atoms with van der Waals surface area (Å²) in [4.78, 5) is 11.2. The van der Waals surface area contributed by atoms with Gasteiger partial charge in [0, 0.05) is 25.1 Å². The maximum Gasteiger partial charge on any atom is 0.220 e. The lowest BCUT2D eigenvalue weighted by atomic mass is 10.1. The van der Waals surface area contributed by atoms with E-state index in [9.17, 15) is 4.79 Å². The lowest BCUT2D eigenvalue weighted by Crippen LogP contribution is -2.29. The van der Waals surface area contributed by atoms with Crippen molar-refractivity contribution in [3.05, 3.63) is 17.5 Å². The van der Waals surface area contributed by atoms with E-state index in [0.717, 1.165) is 11.3 Å². The van der Waals surface area contributed by atoms with Crippen LogP contribution in [0.2, 0.25) is 0 Å². The molecule has 0 spiro atoms. The van der Waals surface area contributed by atoms with Crippen LogP contribution in [-0.4, -0.2) is 24.2 Å². The molecule has 14 heavy (non-hydrogen) atoms. The Bertz CT molecular complexity index is 296. The van der Waals surface area contributed by atoms with Crippen LogP contribution < -0.4 is 11.1 Å². The summed E-state index contributed by atoms with van der Waals surface area (Å²) in [5.74, 6) is 0.0102. The zero-order chi connectivity index (χ0) is 10.4. The highest BCUT2D eigenvalue weighted by Crippen LogP contribution is 2.07. The molecule has 0 aliphatic carbocycles. The van der Waals surface area contributed by atoms with Crippen LogP contribution >= 0.6 is 0 Å². The molecule has 0 atom stereocenters. The lowest BCUT2D eigenvalue weighted by Gasteiger charge is -2.01. The third kappa shape index (κ3) is 3.18. The maximum atomic E-state index is 11.2. The number of hydrogen-bond donors (Lipinski definition) is 2. The van der Waals surface area contributed by atoms with Crippen molar-refractivity contribution in [2.75, 3.05) is 13.1 Å². The average molecular weight is 197 g/mol. The summed E-state index contributed by atoms with van der Waals surface area (Å²) in [5, 5.41) is 6.43. The Morgan fingerprint density at radius 2 is 2.50 bits per heavy atom. The second-order valence-corrected chi connectivity index (χ2v) is 3.06. The van der Waals surface area contributed by atoms with Gasteiger partial charge in [-0.1, -0.05) is 5.16 Å². The molecule has 78 valence electrons. The van der Waals surface area contributed by atoms with Crippen LogP contribution in [0.5, 0.6) is 0 Å². The van der Waals surface area contributed by atoms with Crippen molar-refractivity contribution in [2.24, 2.45) is 5.73 Å². The molecule has 5 heteroatoms. The van der Waals surface area contributed by atoms with Gasteiger partial charge in [0.15, 0.2) is 0 Å². The van der Waals surface area contributed by atoms with Gasteiger partial charge in [-0.25, -0.2) is 0 Å². The van der Waals surface area contributed by atoms with E-state index in [1.807, 2.05) is 6.92 Å². The van der Waals surface area contributed by atoms with Crippen molar-refractivity contribution in [1.82, 2.24) is 10.5 Å². The zero-order valence-corrected chi connectivity index (χ0v) is 8.25. The lowest BCUT2D eigenvalue weighted by molar-refractivity contribution is -0.120. The molecule has 1 rings (SSSR count). The fraction of sp³-hybridized carbons (Fsp3) is 0.556. The number of amides is 1. The van der Waals surface area contributed by atoms with E-state index in [1.54, 1.807) is 6.26 Å². The van der Waals surface area contributed by atoms with Crippen molar-refractivity contribution in [1.29, 1.82) is 0 Å². The highest BCUT2D eigenvalue weighted by Gasteiger charge is 2.05. The van der Waals surface area contributed by atoms with Gasteiger partial charge in [-0.2, -0.15) is 0 Å². The Morgan fingerprint density at radius 3 is 3.07 bits per heavy atom. The van der Waals surface area contributed by atoms with E-state index in [1.165, 1.54) is 0 Å². The van der Waals surface area contributed by atoms with E-state index < -0.39 is 0 Å². The predicted molar refractivity (Wildman–Crippen MR) is 51.6 cm³/mol. The Balaban J connectivity index is 2.27. The van der Waals surface area contributed by atoms with E-state index in [4.69, 9.17) is 10.3 Å². The number of nitrogens with one attached hydrogen (secondary N) is 1. The van der Waals surface area contributed by atoms with Crippen molar-refractivity contribution >= 4 is 5.91 Å². The minimum atomic E-state index is 0.0102. The first-order valence-corrected chi connectivity index (χ1v) is 4.60. The quantitative estimate of drug-likeness (QED) is 0.695. The summed E-state index contributed by atoms with van der Waals surface area (Å²) in [6.45, 7) is 2.86. The third-order valence-electron chi connectivity index (χ3n) is 1.94. The second-order valence-electron chi connectivity index (χ2n) is 3.06. The van der Waals surface area contributed by atoms with Crippen molar-refractivity contribution in [2.45, 2.75) is 19.8 Å². The smallest absolute Gasteiger partial charge is 0.220 e. The van der Waals surface area contributed by atoms with Crippen LogP contribution in [-0.2, 0) is 11.2 Å². The number of rotatable bonds is 5. The van der Waals surface area contributed by atoms with Crippen LogP contribution in [0.25, 0.3) is 0 Å². The third-order valence-corrected chi connectivity index (χ3v) is 1.94. The molecule has 1 heterocycles. The van der Waals surface area contributed by atoms with Crippen molar-refractivity contribution in [3.8, 4) is 0 Å². The van der Waals surface area contributed by atoms with Crippen LogP contribution in [0.4, 0.5) is 0 Å². The van der Waals surface area contributed by atoms with Gasteiger partial charge in [0.2, 0.25) is 5.91 Å². The molecule has 3 N–H and O–H groups in total. The molecule has 0 aromatic carbocycles. The topological polar surface area (TPSA) is 81.2 Å². The van der Waals surface area contributed by atoms with Crippen LogP contribution in [0.3, 0.4) is 0 Å². The Kier molecular flexibility index (Phi) is 4.12. The molecule has 0 saturated carbocycles. The minimum Gasteiger partial charge on any atom is -0.364 e. The fourth-order valence-corrected chi connectivity index (χ4v) is 1.10. The van der Waals surface area contributed by atoms with Gasteiger partial charge in [0.05, 0.1) is 5.69 Å². The highest BCUT2D eigenvalue weighted by molar-refractivity contribution is 5.76. The maximum absolute atomic E-state index is 11.2. The van der Waals surface area contributed by atoms with Crippen molar-refractivity contribution in [3.63, 3.8) is 0 Å². The van der Waals surface area contributed by atoms with Gasteiger partial charge >= 0.3 is 0 Å². The first-order chi connectivity index (χ1) is 6.74. The summed E-state index contributed by atoms with van der Waals surface area (Å²) in [7, 11) is 0. The van der Waals surface area contributed by atoms with Crippen molar-refractivity contribution < 1.29 is 9.32 Å². The molecule has 0 radical (unpaired) electrons. The predicted octanol–water partition coefficient (Wildman–Crippen LogP) is -0.00948. The minimum absolute atomic E-state index is 0.0102. The number of carbonyl (C=O) groups is 1. The molecule has 1 aromatic rings. The number of nitrogens with two attached hydrogens (primary N) is 1. The second kappa shape index (κ2) is 5.39. The van der Waals surface area contributed by atoms with Crippen LogP contribution in [0.1, 0.15) is 17.7 Å². The van der Waals surface area contributed by atoms with E-state index in [0.29, 0.717) is 25.9 Å². The Morgan fingerprint density at radius 1 is 1.71 bits per heavy atom. The molecule has 0 aliphatic heterocycles. The summed E-state index contributed by atoms with van der Waals surface area (Å²) in [6, 6.07) is 0. The number of hydrogen-bond acceptors (Lipinski definition) is 4. The van der Waals surface area contributed by atoms with Gasteiger partial charge in [0.1, 0.15) is 6.26 Å². The molecule has 0 aliphatic rings. The highest BCUT2D eigenvalue weighted by atomic mass is 16.5. The molecule has 0 fully saturated rings. The van der Waals surface area contributed by atoms with Gasteiger partial charge < -0.3 is 15.6 Å². The molecule has 1 amide bonds. The fourth-order valence-electron chi connectivity index (χ4n) is 1.10. The van der Waals surface area contributed by atoms with Gasteiger partial charge in [-0.05, 0) is 13.3 Å². The summed E-state index contributed by atoms with van der Waals surface area (Å²) in [6.07, 6.45) is 2.68. The summed E-state index contributed by atoms with van der Waals surface area (Å²) in [5.41, 5.74) is 7.08. The molecule has 0 unspecified atom stereocenters. The van der Waals surface area contributed by atoms with E-state index in [-0.39, 0.29) is 5.91 Å². The van der Waals surface area contributed by atoms with Gasteiger partial charge in [0.25, 0.3) is 0 Å². The number of nitrogens with zero attached hydrogens (tertiary/aromatic N) is 1. The normalized spacial score (nSPS) is 10.1. The first kappa shape index (κ1) is 10.7.